The summed E-state index contributed by atoms with van der Waals surface area (Å²) in [7, 11) is -3.62. The van der Waals surface area contributed by atoms with Crippen LogP contribution in [0.1, 0.15) is 18.4 Å². The van der Waals surface area contributed by atoms with Gasteiger partial charge in [0, 0.05) is 12.6 Å². The zero-order valence-electron chi connectivity index (χ0n) is 10.5. The standard InChI is InChI=1S/C12H16BrFN2O2S/c1-8-5-11(14)10(13)6-12(8)19(17,18)16-9-3-2-4-15-7-9/h5-6,9,15-16H,2-4,7H2,1H3. The van der Waals surface area contributed by atoms with E-state index in [1.54, 1.807) is 6.92 Å². The van der Waals surface area contributed by atoms with Crippen molar-refractivity contribution in [3.05, 3.63) is 28.0 Å². The van der Waals surface area contributed by atoms with Crippen LogP contribution in [0.5, 0.6) is 0 Å². The molecule has 0 spiro atoms. The molecule has 0 saturated carbocycles. The number of sulfonamides is 1. The molecular weight excluding hydrogens is 335 g/mol. The summed E-state index contributed by atoms with van der Waals surface area (Å²) >= 11 is 3.02. The Bertz CT molecular complexity index is 571. The molecule has 0 radical (unpaired) electrons. The van der Waals surface area contributed by atoms with Gasteiger partial charge in [-0.05, 0) is 59.9 Å². The number of aryl methyl sites for hydroxylation is 1. The van der Waals surface area contributed by atoms with Gasteiger partial charge in [0.15, 0.2) is 0 Å². The monoisotopic (exact) mass is 350 g/mol. The van der Waals surface area contributed by atoms with E-state index < -0.39 is 15.8 Å². The summed E-state index contributed by atoms with van der Waals surface area (Å²) in [6.07, 6.45) is 1.76. The van der Waals surface area contributed by atoms with Crippen molar-refractivity contribution in [3.8, 4) is 0 Å². The maximum absolute atomic E-state index is 13.3. The van der Waals surface area contributed by atoms with Gasteiger partial charge in [0.05, 0.1) is 9.37 Å². The maximum atomic E-state index is 13.3. The van der Waals surface area contributed by atoms with Crippen LogP contribution < -0.4 is 10.0 Å². The largest absolute Gasteiger partial charge is 0.315 e. The predicted octanol–water partition coefficient (Wildman–Crippen LogP) is 1.93. The van der Waals surface area contributed by atoms with E-state index in [4.69, 9.17) is 0 Å². The Morgan fingerprint density at radius 2 is 2.21 bits per heavy atom. The first-order valence-corrected chi connectivity index (χ1v) is 8.36. The molecule has 4 nitrogen and oxygen atoms in total. The van der Waals surface area contributed by atoms with Crippen molar-refractivity contribution < 1.29 is 12.8 Å². The fraction of sp³-hybridized carbons (Fsp3) is 0.500. The lowest BCUT2D eigenvalue weighted by molar-refractivity contribution is 0.428. The van der Waals surface area contributed by atoms with Crippen LogP contribution in [0.2, 0.25) is 0 Å². The average molecular weight is 351 g/mol. The van der Waals surface area contributed by atoms with Crippen LogP contribution in [-0.2, 0) is 10.0 Å². The molecule has 1 heterocycles. The van der Waals surface area contributed by atoms with E-state index in [2.05, 4.69) is 26.0 Å². The van der Waals surface area contributed by atoms with Gasteiger partial charge in [0.2, 0.25) is 10.0 Å². The summed E-state index contributed by atoms with van der Waals surface area (Å²) in [5.74, 6) is -0.462. The van der Waals surface area contributed by atoms with Crippen LogP contribution in [-0.4, -0.2) is 27.5 Å². The Hall–Kier alpha value is -0.500. The number of nitrogens with one attached hydrogen (secondary N) is 2. The lowest BCUT2D eigenvalue weighted by atomic mass is 10.1. The summed E-state index contributed by atoms with van der Waals surface area (Å²) in [6.45, 7) is 3.13. The van der Waals surface area contributed by atoms with Gasteiger partial charge >= 0.3 is 0 Å². The highest BCUT2D eigenvalue weighted by molar-refractivity contribution is 9.10. The lowest BCUT2D eigenvalue weighted by Crippen LogP contribution is -2.45. The molecule has 1 aliphatic heterocycles. The Morgan fingerprint density at radius 1 is 1.47 bits per heavy atom. The molecule has 106 valence electrons. The van der Waals surface area contributed by atoms with Crippen molar-refractivity contribution in [1.29, 1.82) is 0 Å². The summed E-state index contributed by atoms with van der Waals surface area (Å²) in [5, 5.41) is 3.15. The smallest absolute Gasteiger partial charge is 0.241 e. The van der Waals surface area contributed by atoms with Crippen LogP contribution in [0.25, 0.3) is 0 Å². The van der Waals surface area contributed by atoms with Crippen molar-refractivity contribution in [1.82, 2.24) is 10.0 Å². The van der Waals surface area contributed by atoms with E-state index >= 15 is 0 Å². The zero-order chi connectivity index (χ0) is 14.0. The topological polar surface area (TPSA) is 58.2 Å². The quantitative estimate of drug-likeness (QED) is 0.875. The zero-order valence-corrected chi connectivity index (χ0v) is 12.9. The van der Waals surface area contributed by atoms with Crippen molar-refractivity contribution in [2.45, 2.75) is 30.7 Å². The van der Waals surface area contributed by atoms with Gasteiger partial charge in [-0.1, -0.05) is 0 Å². The van der Waals surface area contributed by atoms with Gasteiger partial charge in [-0.3, -0.25) is 0 Å². The van der Waals surface area contributed by atoms with Crippen LogP contribution in [0.15, 0.2) is 21.5 Å². The summed E-state index contributed by atoms with van der Waals surface area (Å²) in [4.78, 5) is 0.117. The lowest BCUT2D eigenvalue weighted by Gasteiger charge is -2.24. The Morgan fingerprint density at radius 3 is 2.84 bits per heavy atom. The molecule has 1 fully saturated rings. The van der Waals surface area contributed by atoms with E-state index in [0.29, 0.717) is 12.1 Å². The van der Waals surface area contributed by atoms with Crippen LogP contribution in [0, 0.1) is 12.7 Å². The molecule has 0 amide bonds. The number of benzene rings is 1. The van der Waals surface area contributed by atoms with Crippen LogP contribution in [0.3, 0.4) is 0 Å². The minimum absolute atomic E-state index is 0.109. The Labute approximate surface area is 121 Å². The molecule has 1 unspecified atom stereocenters. The molecule has 2 N–H and O–H groups in total. The Kier molecular flexibility index (Phi) is 4.60. The average Bonchev–Trinajstić information content (AvgIpc) is 2.34. The molecule has 1 aromatic carbocycles. The van der Waals surface area contributed by atoms with Crippen molar-refractivity contribution in [3.63, 3.8) is 0 Å². The predicted molar refractivity (Wildman–Crippen MR) is 75.1 cm³/mol. The summed E-state index contributed by atoms with van der Waals surface area (Å²) < 4.78 is 40.8. The third-order valence-corrected chi connectivity index (χ3v) is 5.40. The molecular formula is C12H16BrFN2O2S. The molecule has 1 saturated heterocycles. The number of rotatable bonds is 3. The van der Waals surface area contributed by atoms with E-state index in [1.165, 1.54) is 12.1 Å². The number of hydrogen-bond acceptors (Lipinski definition) is 3. The van der Waals surface area contributed by atoms with Crippen LogP contribution >= 0.6 is 15.9 Å². The number of halogens is 2. The van der Waals surface area contributed by atoms with Gasteiger partial charge in [-0.2, -0.15) is 0 Å². The molecule has 0 aliphatic carbocycles. The summed E-state index contributed by atoms with van der Waals surface area (Å²) in [6, 6.07) is 2.42. The van der Waals surface area contributed by atoms with E-state index in [0.717, 1.165) is 19.4 Å². The van der Waals surface area contributed by atoms with Gasteiger partial charge in [0.25, 0.3) is 0 Å². The third-order valence-electron chi connectivity index (χ3n) is 3.13. The highest BCUT2D eigenvalue weighted by atomic mass is 79.9. The third kappa shape index (κ3) is 3.53. The molecule has 1 aromatic rings. The van der Waals surface area contributed by atoms with E-state index in [-0.39, 0.29) is 15.4 Å². The first-order valence-electron chi connectivity index (χ1n) is 6.09. The molecule has 7 heteroatoms. The highest BCUT2D eigenvalue weighted by Gasteiger charge is 2.24. The van der Waals surface area contributed by atoms with E-state index in [1.807, 2.05) is 0 Å². The number of hydrogen-bond donors (Lipinski definition) is 2. The second kappa shape index (κ2) is 5.87. The van der Waals surface area contributed by atoms with Gasteiger partial charge in [-0.15, -0.1) is 0 Å². The molecule has 1 aliphatic rings. The van der Waals surface area contributed by atoms with Crippen LogP contribution in [0.4, 0.5) is 4.39 Å². The molecule has 19 heavy (non-hydrogen) atoms. The van der Waals surface area contributed by atoms with Crippen molar-refractivity contribution in [2.24, 2.45) is 0 Å². The van der Waals surface area contributed by atoms with Crippen molar-refractivity contribution >= 4 is 26.0 Å². The first-order chi connectivity index (χ1) is 8.90. The first kappa shape index (κ1) is 14.9. The minimum atomic E-state index is -3.62. The fourth-order valence-corrected chi connectivity index (χ4v) is 4.17. The Balaban J connectivity index is 2.26. The molecule has 2 rings (SSSR count). The van der Waals surface area contributed by atoms with Gasteiger partial charge in [-0.25, -0.2) is 17.5 Å². The second-order valence-electron chi connectivity index (χ2n) is 4.70. The minimum Gasteiger partial charge on any atom is -0.315 e. The molecule has 0 aromatic heterocycles. The van der Waals surface area contributed by atoms with Gasteiger partial charge < -0.3 is 5.32 Å². The second-order valence-corrected chi connectivity index (χ2v) is 7.23. The normalized spacial score (nSPS) is 20.5. The van der Waals surface area contributed by atoms with Crippen molar-refractivity contribution in [2.75, 3.05) is 13.1 Å². The molecule has 0 bridgehead atoms. The number of piperidine rings is 1. The molecule has 1 atom stereocenters. The van der Waals surface area contributed by atoms with E-state index in [9.17, 15) is 12.8 Å². The fourth-order valence-electron chi connectivity index (χ4n) is 2.15. The maximum Gasteiger partial charge on any atom is 0.241 e. The highest BCUT2D eigenvalue weighted by Crippen LogP contribution is 2.24. The van der Waals surface area contributed by atoms with Gasteiger partial charge in [0.1, 0.15) is 5.82 Å². The SMILES string of the molecule is Cc1cc(F)c(Br)cc1S(=O)(=O)NC1CCCNC1. The summed E-state index contributed by atoms with van der Waals surface area (Å²) in [5.41, 5.74) is 0.400.